The Balaban J connectivity index is 2.67. The van der Waals surface area contributed by atoms with Crippen molar-refractivity contribution in [1.82, 2.24) is 0 Å². The molecule has 1 aliphatic rings. The number of rotatable bonds is 6. The zero-order valence-corrected chi connectivity index (χ0v) is 12.9. The molecule has 3 atom stereocenters. The highest BCUT2D eigenvalue weighted by atomic mass is 16.6. The first kappa shape index (κ1) is 17.6. The second kappa shape index (κ2) is 7.54. The summed E-state index contributed by atoms with van der Waals surface area (Å²) in [6, 6.07) is 0. The van der Waals surface area contributed by atoms with E-state index in [1.54, 1.807) is 6.92 Å². The van der Waals surface area contributed by atoms with Crippen LogP contribution >= 0.6 is 0 Å². The smallest absolute Gasteiger partial charge is 0.306 e. The van der Waals surface area contributed by atoms with Gasteiger partial charge in [0.15, 0.2) is 5.78 Å². The van der Waals surface area contributed by atoms with Gasteiger partial charge in [0.05, 0.1) is 5.92 Å². The third-order valence-corrected chi connectivity index (χ3v) is 3.97. The van der Waals surface area contributed by atoms with E-state index in [9.17, 15) is 14.4 Å². The number of carbonyl (C=O) groups excluding carboxylic acids is 2. The highest BCUT2D eigenvalue weighted by molar-refractivity contribution is 5.80. The Morgan fingerprint density at radius 1 is 1.52 bits per heavy atom. The van der Waals surface area contributed by atoms with Crippen molar-refractivity contribution in [3.63, 3.8) is 0 Å². The van der Waals surface area contributed by atoms with Gasteiger partial charge >= 0.3 is 11.9 Å². The quantitative estimate of drug-likeness (QED) is 0.754. The van der Waals surface area contributed by atoms with E-state index in [0.29, 0.717) is 32.1 Å². The van der Waals surface area contributed by atoms with Crippen molar-refractivity contribution in [2.45, 2.75) is 64.6 Å². The molecule has 1 aliphatic heterocycles. The normalized spacial score (nSPS) is 27.8. The molecule has 1 rings (SSSR count). The first-order valence-corrected chi connectivity index (χ1v) is 7.30. The summed E-state index contributed by atoms with van der Waals surface area (Å²) in [6.45, 7) is 4.83. The minimum absolute atomic E-state index is 0.00483. The van der Waals surface area contributed by atoms with Gasteiger partial charge in [0, 0.05) is 13.3 Å². The molecule has 6 heteroatoms. The van der Waals surface area contributed by atoms with Crippen molar-refractivity contribution < 1.29 is 29.0 Å². The van der Waals surface area contributed by atoms with Gasteiger partial charge < -0.3 is 14.6 Å². The molecule has 120 valence electrons. The Morgan fingerprint density at radius 2 is 2.19 bits per heavy atom. The summed E-state index contributed by atoms with van der Waals surface area (Å²) in [5, 5.41) is 8.89. The molecule has 0 spiro atoms. The fraction of sp³-hybridized carbons (Fsp3) is 0.800. The Morgan fingerprint density at radius 3 is 2.76 bits per heavy atom. The highest BCUT2D eigenvalue weighted by Gasteiger charge is 2.40. The largest absolute Gasteiger partial charge is 0.481 e. The molecule has 0 amide bonds. The summed E-state index contributed by atoms with van der Waals surface area (Å²) < 4.78 is 11.0. The predicted octanol–water partition coefficient (Wildman–Crippen LogP) is 1.95. The van der Waals surface area contributed by atoms with Crippen LogP contribution in [0.4, 0.5) is 0 Å². The van der Waals surface area contributed by atoms with Crippen LogP contribution in [0.3, 0.4) is 0 Å². The molecule has 1 N–H and O–H groups in total. The van der Waals surface area contributed by atoms with Crippen LogP contribution in [0.15, 0.2) is 0 Å². The van der Waals surface area contributed by atoms with E-state index in [0.717, 1.165) is 0 Å². The van der Waals surface area contributed by atoms with Crippen molar-refractivity contribution in [1.29, 1.82) is 0 Å². The van der Waals surface area contributed by atoms with Crippen LogP contribution in [0.25, 0.3) is 0 Å². The van der Waals surface area contributed by atoms with E-state index >= 15 is 0 Å². The summed E-state index contributed by atoms with van der Waals surface area (Å²) >= 11 is 0. The van der Waals surface area contributed by atoms with Crippen molar-refractivity contribution in [2.24, 2.45) is 5.92 Å². The average Bonchev–Trinajstić information content (AvgIpc) is 2.52. The first-order valence-electron chi connectivity index (χ1n) is 7.30. The lowest BCUT2D eigenvalue weighted by Crippen LogP contribution is -2.44. The van der Waals surface area contributed by atoms with Crippen molar-refractivity contribution in [3.05, 3.63) is 0 Å². The van der Waals surface area contributed by atoms with E-state index in [-0.39, 0.29) is 12.4 Å². The lowest BCUT2D eigenvalue weighted by molar-refractivity contribution is -0.168. The lowest BCUT2D eigenvalue weighted by Gasteiger charge is -2.35. The number of carboxylic acids is 1. The van der Waals surface area contributed by atoms with Gasteiger partial charge in [0.25, 0.3) is 0 Å². The van der Waals surface area contributed by atoms with Crippen LogP contribution in [0.5, 0.6) is 0 Å². The van der Waals surface area contributed by atoms with Crippen LogP contribution in [-0.4, -0.2) is 41.1 Å². The molecule has 1 fully saturated rings. The first-order chi connectivity index (χ1) is 9.74. The second-order valence-electron chi connectivity index (χ2n) is 5.91. The molecule has 0 bridgehead atoms. The van der Waals surface area contributed by atoms with Crippen molar-refractivity contribution >= 4 is 17.7 Å². The third-order valence-electron chi connectivity index (χ3n) is 3.97. The molecule has 0 aromatic carbocycles. The Bertz CT molecular complexity index is 405. The lowest BCUT2D eigenvalue weighted by atomic mass is 9.88. The monoisotopic (exact) mass is 300 g/mol. The molecule has 0 aromatic rings. The van der Waals surface area contributed by atoms with Gasteiger partial charge in [-0.25, -0.2) is 0 Å². The number of esters is 1. The maximum atomic E-state index is 11.5. The molecule has 6 nitrogen and oxygen atoms in total. The van der Waals surface area contributed by atoms with Gasteiger partial charge in [-0.2, -0.15) is 0 Å². The van der Waals surface area contributed by atoms with Gasteiger partial charge in [-0.1, -0.05) is 6.92 Å². The van der Waals surface area contributed by atoms with Crippen LogP contribution in [0.2, 0.25) is 0 Å². The second-order valence-corrected chi connectivity index (χ2v) is 5.91. The Kier molecular flexibility index (Phi) is 6.33. The number of carboxylic acid groups (broad SMARTS) is 1. The SMILES string of the molecule is CC(=O)O[C@@H]1CCC(=O)CO[C@]1(C)CCC[C@H](C)C(=O)O. The minimum Gasteiger partial charge on any atom is -0.481 e. The molecule has 0 saturated carbocycles. The Labute approximate surface area is 124 Å². The molecular weight excluding hydrogens is 276 g/mol. The molecule has 0 radical (unpaired) electrons. The van der Waals surface area contributed by atoms with Crippen LogP contribution < -0.4 is 0 Å². The number of carbonyl (C=O) groups is 3. The molecular formula is C15H24O6. The molecule has 1 saturated heterocycles. The summed E-state index contributed by atoms with van der Waals surface area (Å²) in [5.41, 5.74) is -0.740. The molecule has 1 heterocycles. The maximum Gasteiger partial charge on any atom is 0.306 e. The summed E-state index contributed by atoms with van der Waals surface area (Å²) in [4.78, 5) is 33.6. The van der Waals surface area contributed by atoms with Crippen LogP contribution in [0, 0.1) is 5.92 Å². The van der Waals surface area contributed by atoms with E-state index in [2.05, 4.69) is 0 Å². The third kappa shape index (κ3) is 5.46. The number of ether oxygens (including phenoxy) is 2. The Hall–Kier alpha value is -1.43. The zero-order chi connectivity index (χ0) is 16.0. The van der Waals surface area contributed by atoms with E-state index in [1.165, 1.54) is 6.92 Å². The van der Waals surface area contributed by atoms with Gasteiger partial charge in [-0.05, 0) is 32.6 Å². The number of Topliss-reactive ketones (excluding diaryl/α,β-unsaturated/α-hetero) is 1. The summed E-state index contributed by atoms with van der Waals surface area (Å²) in [7, 11) is 0. The van der Waals surface area contributed by atoms with Crippen LogP contribution in [-0.2, 0) is 23.9 Å². The molecule has 0 aliphatic carbocycles. The average molecular weight is 300 g/mol. The fourth-order valence-electron chi connectivity index (χ4n) is 2.51. The number of ketones is 1. The van der Waals surface area contributed by atoms with E-state index in [4.69, 9.17) is 14.6 Å². The van der Waals surface area contributed by atoms with Gasteiger partial charge in [-0.15, -0.1) is 0 Å². The topological polar surface area (TPSA) is 89.9 Å². The summed E-state index contributed by atoms with van der Waals surface area (Å²) in [6.07, 6.45) is 2.02. The fourth-order valence-corrected chi connectivity index (χ4v) is 2.51. The van der Waals surface area contributed by atoms with Gasteiger partial charge in [-0.3, -0.25) is 14.4 Å². The molecule has 21 heavy (non-hydrogen) atoms. The zero-order valence-electron chi connectivity index (χ0n) is 12.9. The predicted molar refractivity (Wildman–Crippen MR) is 74.8 cm³/mol. The highest BCUT2D eigenvalue weighted by Crippen LogP contribution is 2.31. The van der Waals surface area contributed by atoms with Gasteiger partial charge in [0.2, 0.25) is 0 Å². The summed E-state index contributed by atoms with van der Waals surface area (Å²) in [5.74, 6) is -1.65. The van der Waals surface area contributed by atoms with E-state index in [1.807, 2.05) is 6.92 Å². The molecule has 0 aromatic heterocycles. The van der Waals surface area contributed by atoms with Crippen molar-refractivity contribution in [2.75, 3.05) is 6.61 Å². The molecule has 0 unspecified atom stereocenters. The van der Waals surface area contributed by atoms with Crippen LogP contribution in [0.1, 0.15) is 52.9 Å². The maximum absolute atomic E-state index is 11.5. The number of hydrogen-bond donors (Lipinski definition) is 1. The van der Waals surface area contributed by atoms with Gasteiger partial charge in [0.1, 0.15) is 18.3 Å². The number of aliphatic carboxylic acids is 1. The standard InChI is InChI=1S/C15H24O6/c1-10(14(18)19)5-4-8-15(3)13(21-11(2)16)7-6-12(17)9-20-15/h10,13H,4-9H2,1-3H3,(H,18,19)/t10-,13+,15+/m0/s1. The number of hydrogen-bond acceptors (Lipinski definition) is 5. The minimum atomic E-state index is -0.825. The van der Waals surface area contributed by atoms with Crippen molar-refractivity contribution in [3.8, 4) is 0 Å². The van der Waals surface area contributed by atoms with E-state index < -0.39 is 29.6 Å².